The highest BCUT2D eigenvalue weighted by Crippen LogP contribution is 2.39. The van der Waals surface area contributed by atoms with Crippen LogP contribution in [0.25, 0.3) is 0 Å². The molecule has 2 aromatic carbocycles. The van der Waals surface area contributed by atoms with Crippen molar-refractivity contribution in [3.63, 3.8) is 0 Å². The van der Waals surface area contributed by atoms with E-state index in [-0.39, 0.29) is 11.9 Å². The van der Waals surface area contributed by atoms with Gasteiger partial charge in [-0.25, -0.2) is 4.99 Å². The van der Waals surface area contributed by atoms with Crippen LogP contribution in [0.5, 0.6) is 0 Å². The van der Waals surface area contributed by atoms with E-state index in [9.17, 15) is 4.79 Å². The van der Waals surface area contributed by atoms with E-state index in [1.807, 2.05) is 55.1 Å². The lowest BCUT2D eigenvalue weighted by atomic mass is 9.87. The van der Waals surface area contributed by atoms with Crippen LogP contribution in [0.2, 0.25) is 0 Å². The average molecular weight is 405 g/mol. The Morgan fingerprint density at radius 3 is 2.53 bits per heavy atom. The summed E-state index contributed by atoms with van der Waals surface area (Å²) in [7, 11) is 0. The monoisotopic (exact) mass is 404 g/mol. The normalized spacial score (nSPS) is 18.0. The van der Waals surface area contributed by atoms with Crippen LogP contribution in [0.4, 0.5) is 11.4 Å². The maximum Gasteiger partial charge on any atom is 0.255 e. The summed E-state index contributed by atoms with van der Waals surface area (Å²) in [5, 5.41) is 2.98. The number of nitrogens with two attached hydrogens (primary N) is 2. The van der Waals surface area contributed by atoms with Gasteiger partial charge in [-0.1, -0.05) is 18.6 Å². The second-order valence-corrected chi connectivity index (χ2v) is 8.12. The summed E-state index contributed by atoms with van der Waals surface area (Å²) in [6, 6.07) is 13.3. The van der Waals surface area contributed by atoms with Gasteiger partial charge in [0.2, 0.25) is 11.9 Å². The fraction of sp³-hybridized carbons (Fsp3) is 0.348. The Morgan fingerprint density at radius 2 is 1.80 bits per heavy atom. The topological polar surface area (TPSA) is 109 Å². The molecule has 0 atom stereocenters. The number of rotatable bonds is 3. The van der Waals surface area contributed by atoms with Crippen molar-refractivity contribution in [1.29, 1.82) is 0 Å². The van der Waals surface area contributed by atoms with E-state index < -0.39 is 5.66 Å². The van der Waals surface area contributed by atoms with Gasteiger partial charge >= 0.3 is 0 Å². The number of carbonyl (C=O) groups excluding carboxylic acids is 1. The number of benzene rings is 2. The van der Waals surface area contributed by atoms with E-state index in [2.05, 4.69) is 10.3 Å². The van der Waals surface area contributed by atoms with Crippen LogP contribution in [0.15, 0.2) is 52.4 Å². The lowest BCUT2D eigenvalue weighted by Crippen LogP contribution is -2.58. The number of nitrogens with one attached hydrogen (secondary N) is 1. The molecule has 5 N–H and O–H groups in total. The largest absolute Gasteiger partial charge is 0.369 e. The van der Waals surface area contributed by atoms with Gasteiger partial charge in [-0.2, -0.15) is 4.99 Å². The third-order valence-electron chi connectivity index (χ3n) is 5.98. The zero-order chi connectivity index (χ0) is 21.3. The van der Waals surface area contributed by atoms with Gasteiger partial charge in [-0.05, 0) is 81.0 Å². The van der Waals surface area contributed by atoms with Crippen LogP contribution in [-0.2, 0) is 0 Å². The zero-order valence-corrected chi connectivity index (χ0v) is 17.5. The van der Waals surface area contributed by atoms with E-state index in [1.54, 1.807) is 6.07 Å². The zero-order valence-electron chi connectivity index (χ0n) is 17.5. The first-order valence-corrected chi connectivity index (χ1v) is 10.4. The molecule has 4 rings (SSSR count). The van der Waals surface area contributed by atoms with Gasteiger partial charge in [-0.15, -0.1) is 0 Å². The van der Waals surface area contributed by atoms with Crippen molar-refractivity contribution >= 4 is 29.2 Å². The van der Waals surface area contributed by atoms with Gasteiger partial charge in [0, 0.05) is 16.9 Å². The van der Waals surface area contributed by atoms with Crippen LogP contribution in [0.1, 0.15) is 53.6 Å². The summed E-state index contributed by atoms with van der Waals surface area (Å²) in [5.41, 5.74) is 16.2. The van der Waals surface area contributed by atoms with Crippen molar-refractivity contribution in [1.82, 2.24) is 0 Å². The number of hydrogen-bond acceptors (Lipinski definition) is 6. The lowest BCUT2D eigenvalue weighted by molar-refractivity contribution is 0.102. The molecule has 1 amide bonds. The van der Waals surface area contributed by atoms with E-state index >= 15 is 0 Å². The van der Waals surface area contributed by atoms with Gasteiger partial charge in [0.25, 0.3) is 5.91 Å². The summed E-state index contributed by atoms with van der Waals surface area (Å²) in [5.74, 6) is 0.360. The second kappa shape index (κ2) is 7.82. The second-order valence-electron chi connectivity index (χ2n) is 8.12. The minimum Gasteiger partial charge on any atom is -0.369 e. The van der Waals surface area contributed by atoms with Crippen LogP contribution >= 0.6 is 0 Å². The number of guanidine groups is 2. The van der Waals surface area contributed by atoms with Gasteiger partial charge in [-0.3, -0.25) is 9.69 Å². The number of hydrogen-bond donors (Lipinski definition) is 3. The predicted octanol–water partition coefficient (Wildman–Crippen LogP) is 3.67. The number of carbonyl (C=O) groups is 1. The molecule has 7 heteroatoms. The van der Waals surface area contributed by atoms with Crippen molar-refractivity contribution in [2.24, 2.45) is 21.5 Å². The van der Waals surface area contributed by atoms with Crippen LogP contribution in [0, 0.1) is 13.8 Å². The number of aryl methyl sites for hydroxylation is 2. The number of amides is 1. The summed E-state index contributed by atoms with van der Waals surface area (Å²) in [4.78, 5) is 23.7. The summed E-state index contributed by atoms with van der Waals surface area (Å²) < 4.78 is 0. The van der Waals surface area contributed by atoms with Crippen molar-refractivity contribution in [3.05, 3.63) is 59.2 Å². The van der Waals surface area contributed by atoms with Crippen molar-refractivity contribution in [2.45, 2.75) is 51.6 Å². The smallest absolute Gasteiger partial charge is 0.255 e. The van der Waals surface area contributed by atoms with E-state index in [0.717, 1.165) is 42.6 Å². The molecule has 1 saturated carbocycles. The Hall–Kier alpha value is -3.35. The van der Waals surface area contributed by atoms with Crippen molar-refractivity contribution in [3.8, 4) is 0 Å². The Balaban J connectivity index is 1.64. The summed E-state index contributed by atoms with van der Waals surface area (Å²) in [6.07, 6.45) is 4.97. The highest BCUT2D eigenvalue weighted by Gasteiger charge is 2.42. The van der Waals surface area contributed by atoms with Crippen LogP contribution < -0.4 is 21.7 Å². The molecule has 0 unspecified atom stereocenters. The van der Waals surface area contributed by atoms with Gasteiger partial charge in [0.15, 0.2) is 0 Å². The molecule has 1 heterocycles. The third kappa shape index (κ3) is 3.75. The quantitative estimate of drug-likeness (QED) is 0.725. The molecule has 0 radical (unpaired) electrons. The first kappa shape index (κ1) is 19.9. The molecule has 0 bridgehead atoms. The standard InChI is InChI=1S/C23H28N6O/c1-15-9-10-18(13-16(15)2)26-20(30)17-7-6-8-19(14-17)29-22(25)27-21(24)28-23(29)11-4-3-5-12-23/h6-10,13-14H,3-5,11-12H2,1-2H3,(H,26,30)(H4,24,25,27,28). The maximum absolute atomic E-state index is 12.9. The molecular weight excluding hydrogens is 376 g/mol. The third-order valence-corrected chi connectivity index (χ3v) is 5.98. The molecule has 0 saturated heterocycles. The molecule has 156 valence electrons. The Kier molecular flexibility index (Phi) is 5.20. The number of nitrogens with zero attached hydrogens (tertiary/aromatic N) is 3. The SMILES string of the molecule is Cc1ccc(NC(=O)c2cccc(N3C(N)=NC(N)=NC34CCCCC4)c2)cc1C. The van der Waals surface area contributed by atoms with E-state index in [1.165, 1.54) is 12.0 Å². The predicted molar refractivity (Wildman–Crippen MR) is 122 cm³/mol. The fourth-order valence-electron chi connectivity index (χ4n) is 4.30. The molecule has 7 nitrogen and oxygen atoms in total. The summed E-state index contributed by atoms with van der Waals surface area (Å²) >= 11 is 0. The van der Waals surface area contributed by atoms with Crippen LogP contribution in [0.3, 0.4) is 0 Å². The molecule has 1 aliphatic heterocycles. The van der Waals surface area contributed by atoms with Gasteiger partial charge < -0.3 is 16.8 Å². The molecule has 1 spiro atoms. The molecular formula is C23H28N6O. The van der Waals surface area contributed by atoms with Crippen molar-refractivity contribution < 1.29 is 4.79 Å². The lowest BCUT2D eigenvalue weighted by Gasteiger charge is -2.45. The number of aliphatic imine (C=N–C) groups is 2. The minimum atomic E-state index is -0.530. The summed E-state index contributed by atoms with van der Waals surface area (Å²) in [6.45, 7) is 4.07. The Bertz CT molecular complexity index is 1040. The molecule has 1 fully saturated rings. The van der Waals surface area contributed by atoms with E-state index in [0.29, 0.717) is 11.5 Å². The minimum absolute atomic E-state index is 0.173. The molecule has 0 aromatic heterocycles. The molecule has 1 aliphatic carbocycles. The highest BCUT2D eigenvalue weighted by molar-refractivity contribution is 6.08. The average Bonchev–Trinajstić information content (AvgIpc) is 2.71. The van der Waals surface area contributed by atoms with E-state index in [4.69, 9.17) is 16.5 Å². The molecule has 2 aliphatic rings. The first-order chi connectivity index (χ1) is 14.4. The van der Waals surface area contributed by atoms with Crippen LogP contribution in [-0.4, -0.2) is 23.5 Å². The fourth-order valence-corrected chi connectivity index (χ4v) is 4.30. The Labute approximate surface area is 176 Å². The Morgan fingerprint density at radius 1 is 1.03 bits per heavy atom. The van der Waals surface area contributed by atoms with Gasteiger partial charge in [0.05, 0.1) is 0 Å². The maximum atomic E-state index is 12.9. The van der Waals surface area contributed by atoms with Crippen molar-refractivity contribution in [2.75, 3.05) is 10.2 Å². The van der Waals surface area contributed by atoms with Gasteiger partial charge in [0.1, 0.15) is 5.66 Å². The first-order valence-electron chi connectivity index (χ1n) is 10.4. The highest BCUT2D eigenvalue weighted by atomic mass is 16.1. The molecule has 30 heavy (non-hydrogen) atoms. The number of anilines is 2. The molecule has 2 aromatic rings.